The number of rotatable bonds is 4. The molecule has 7 nitrogen and oxygen atoms in total. The summed E-state index contributed by atoms with van der Waals surface area (Å²) < 4.78 is 19.8. The first-order valence-corrected chi connectivity index (χ1v) is 7.90. The SMILES string of the molecule is COC(=O)[C@@H]1C[C@@H](F)CN1C(=O)Cn1nc(C(C)=O)c2ccccc21. The van der Waals surface area contributed by atoms with Crippen molar-refractivity contribution in [1.82, 2.24) is 14.7 Å². The third-order valence-corrected chi connectivity index (χ3v) is 4.32. The van der Waals surface area contributed by atoms with Gasteiger partial charge in [0.25, 0.3) is 0 Å². The Morgan fingerprint density at radius 3 is 2.72 bits per heavy atom. The molecule has 0 unspecified atom stereocenters. The summed E-state index contributed by atoms with van der Waals surface area (Å²) in [5.74, 6) is -1.29. The number of benzene rings is 1. The number of ketones is 1. The van der Waals surface area contributed by atoms with E-state index in [-0.39, 0.29) is 31.0 Å². The van der Waals surface area contributed by atoms with E-state index in [1.165, 1.54) is 23.6 Å². The molecule has 25 heavy (non-hydrogen) atoms. The summed E-state index contributed by atoms with van der Waals surface area (Å²) in [7, 11) is 1.21. The van der Waals surface area contributed by atoms with E-state index in [2.05, 4.69) is 9.84 Å². The van der Waals surface area contributed by atoms with Crippen LogP contribution in [-0.2, 0) is 20.9 Å². The number of Topliss-reactive ketones (excluding diaryl/α,β-unsaturated/α-hetero) is 1. The van der Waals surface area contributed by atoms with Gasteiger partial charge in [-0.1, -0.05) is 18.2 Å². The van der Waals surface area contributed by atoms with Gasteiger partial charge in [-0.25, -0.2) is 9.18 Å². The zero-order valence-corrected chi connectivity index (χ0v) is 13.9. The third kappa shape index (κ3) is 3.11. The van der Waals surface area contributed by atoms with Gasteiger partial charge >= 0.3 is 5.97 Å². The number of carbonyl (C=O) groups excluding carboxylic acids is 3. The molecule has 1 aromatic carbocycles. The van der Waals surface area contributed by atoms with E-state index < -0.39 is 24.1 Å². The minimum atomic E-state index is -1.27. The van der Waals surface area contributed by atoms with Crippen molar-refractivity contribution < 1.29 is 23.5 Å². The van der Waals surface area contributed by atoms with Crippen LogP contribution in [0.2, 0.25) is 0 Å². The normalized spacial score (nSPS) is 20.0. The molecule has 2 heterocycles. The molecule has 3 rings (SSSR count). The average Bonchev–Trinajstić information content (AvgIpc) is 3.15. The number of hydrogen-bond acceptors (Lipinski definition) is 5. The zero-order valence-electron chi connectivity index (χ0n) is 13.9. The number of para-hydroxylation sites is 1. The van der Waals surface area contributed by atoms with Gasteiger partial charge < -0.3 is 9.64 Å². The predicted molar refractivity (Wildman–Crippen MR) is 86.8 cm³/mol. The number of alkyl halides is 1. The highest BCUT2D eigenvalue weighted by molar-refractivity contribution is 6.05. The van der Waals surface area contributed by atoms with E-state index in [0.717, 1.165) is 0 Å². The summed E-state index contributed by atoms with van der Waals surface area (Å²) in [5.41, 5.74) is 0.907. The Hall–Kier alpha value is -2.77. The second-order valence-electron chi connectivity index (χ2n) is 6.00. The average molecular weight is 347 g/mol. The number of amides is 1. The molecule has 0 bridgehead atoms. The van der Waals surface area contributed by atoms with Gasteiger partial charge in [0.2, 0.25) is 5.91 Å². The maximum Gasteiger partial charge on any atom is 0.328 e. The number of fused-ring (bicyclic) bond motifs is 1. The smallest absolute Gasteiger partial charge is 0.328 e. The van der Waals surface area contributed by atoms with Crippen molar-refractivity contribution in [2.24, 2.45) is 0 Å². The lowest BCUT2D eigenvalue weighted by atomic mass is 10.2. The lowest BCUT2D eigenvalue weighted by Crippen LogP contribution is -2.42. The molecule has 132 valence electrons. The maximum absolute atomic E-state index is 13.7. The molecule has 1 amide bonds. The first-order chi connectivity index (χ1) is 11.9. The molecule has 0 radical (unpaired) electrons. The monoisotopic (exact) mass is 347 g/mol. The summed E-state index contributed by atoms with van der Waals surface area (Å²) in [5, 5.41) is 4.87. The third-order valence-electron chi connectivity index (χ3n) is 4.32. The molecule has 1 aliphatic heterocycles. The van der Waals surface area contributed by atoms with E-state index in [0.29, 0.717) is 10.9 Å². The van der Waals surface area contributed by atoms with E-state index in [9.17, 15) is 18.8 Å². The molecular formula is C17H18FN3O4. The fraction of sp³-hybridized carbons (Fsp3) is 0.412. The van der Waals surface area contributed by atoms with Crippen LogP contribution in [0.5, 0.6) is 0 Å². The van der Waals surface area contributed by atoms with Crippen molar-refractivity contribution >= 4 is 28.6 Å². The molecule has 1 aromatic heterocycles. The molecular weight excluding hydrogens is 329 g/mol. The summed E-state index contributed by atoms with van der Waals surface area (Å²) in [6.45, 7) is 1.06. The molecule has 0 aliphatic carbocycles. The lowest BCUT2D eigenvalue weighted by Gasteiger charge is -2.22. The Kier molecular flexibility index (Phi) is 4.52. The second kappa shape index (κ2) is 6.62. The first-order valence-electron chi connectivity index (χ1n) is 7.90. The van der Waals surface area contributed by atoms with Crippen molar-refractivity contribution in [3.8, 4) is 0 Å². The Bertz CT molecular complexity index is 848. The summed E-state index contributed by atoms with van der Waals surface area (Å²) >= 11 is 0. The number of ether oxygens (including phenoxy) is 1. The van der Waals surface area contributed by atoms with Gasteiger partial charge in [-0.05, 0) is 6.07 Å². The molecule has 1 saturated heterocycles. The van der Waals surface area contributed by atoms with Crippen molar-refractivity contribution in [3.63, 3.8) is 0 Å². The summed E-state index contributed by atoms with van der Waals surface area (Å²) in [4.78, 5) is 37.3. The van der Waals surface area contributed by atoms with Gasteiger partial charge in [0, 0.05) is 18.7 Å². The van der Waals surface area contributed by atoms with Gasteiger partial charge in [-0.3, -0.25) is 14.3 Å². The van der Waals surface area contributed by atoms with E-state index in [1.54, 1.807) is 24.3 Å². The number of carbonyl (C=O) groups is 3. The van der Waals surface area contributed by atoms with E-state index in [4.69, 9.17) is 0 Å². The fourth-order valence-corrected chi connectivity index (χ4v) is 3.15. The Morgan fingerprint density at radius 1 is 1.32 bits per heavy atom. The quantitative estimate of drug-likeness (QED) is 0.616. The summed E-state index contributed by atoms with van der Waals surface area (Å²) in [6.07, 6.45) is -1.34. The highest BCUT2D eigenvalue weighted by atomic mass is 19.1. The molecule has 0 spiro atoms. The molecule has 2 aromatic rings. The number of nitrogens with zero attached hydrogens (tertiary/aromatic N) is 3. The van der Waals surface area contributed by atoms with Crippen LogP contribution in [0.15, 0.2) is 24.3 Å². The number of aromatic nitrogens is 2. The Morgan fingerprint density at radius 2 is 2.04 bits per heavy atom. The van der Waals surface area contributed by atoms with Gasteiger partial charge in [0.15, 0.2) is 5.78 Å². The van der Waals surface area contributed by atoms with Gasteiger partial charge in [-0.15, -0.1) is 0 Å². The topological polar surface area (TPSA) is 81.5 Å². The molecule has 0 saturated carbocycles. The second-order valence-corrected chi connectivity index (χ2v) is 6.00. The minimum Gasteiger partial charge on any atom is -0.467 e. The standard InChI is InChI=1S/C17H18FN3O4/c1-10(22)16-12-5-3-4-6-13(12)21(19-16)9-15(23)20-8-11(18)7-14(20)17(24)25-2/h3-6,11,14H,7-9H2,1-2H3/t11-,14+/m1/s1. The fourth-order valence-electron chi connectivity index (χ4n) is 3.15. The highest BCUT2D eigenvalue weighted by Crippen LogP contribution is 2.23. The lowest BCUT2D eigenvalue weighted by molar-refractivity contribution is -0.151. The molecule has 1 fully saturated rings. The van der Waals surface area contributed by atoms with Gasteiger partial charge in [-0.2, -0.15) is 5.10 Å². The van der Waals surface area contributed by atoms with Gasteiger partial charge in [0.05, 0.1) is 19.2 Å². The number of likely N-dealkylation sites (tertiary alicyclic amines) is 1. The van der Waals surface area contributed by atoms with Crippen LogP contribution in [0.3, 0.4) is 0 Å². The molecule has 0 N–H and O–H groups in total. The van der Waals surface area contributed by atoms with E-state index >= 15 is 0 Å². The largest absolute Gasteiger partial charge is 0.467 e. The molecule has 2 atom stereocenters. The van der Waals surface area contributed by atoms with E-state index in [1.807, 2.05) is 0 Å². The Labute approximate surface area is 143 Å². The first kappa shape index (κ1) is 17.1. The Balaban J connectivity index is 1.89. The molecule has 1 aliphatic rings. The minimum absolute atomic E-state index is 0.0725. The van der Waals surface area contributed by atoms with Crippen LogP contribution in [0, 0.1) is 0 Å². The summed E-state index contributed by atoms with van der Waals surface area (Å²) in [6, 6.07) is 6.14. The van der Waals surface area contributed by atoms with Gasteiger partial charge in [0.1, 0.15) is 24.5 Å². The van der Waals surface area contributed by atoms with Crippen molar-refractivity contribution in [1.29, 1.82) is 0 Å². The maximum atomic E-state index is 13.7. The van der Waals surface area contributed by atoms with Crippen LogP contribution >= 0.6 is 0 Å². The number of esters is 1. The van der Waals surface area contributed by atoms with Crippen LogP contribution in [0.4, 0.5) is 4.39 Å². The highest BCUT2D eigenvalue weighted by Gasteiger charge is 2.40. The zero-order chi connectivity index (χ0) is 18.1. The van der Waals surface area contributed by atoms with Crippen LogP contribution < -0.4 is 0 Å². The predicted octanol–water partition coefficient (Wildman–Crippen LogP) is 1.35. The number of hydrogen-bond donors (Lipinski definition) is 0. The van der Waals surface area contributed by atoms with Crippen LogP contribution in [-0.4, -0.2) is 58.2 Å². The number of methoxy groups -OCH3 is 1. The number of halogens is 1. The van der Waals surface area contributed by atoms with Crippen LogP contribution in [0.1, 0.15) is 23.8 Å². The van der Waals surface area contributed by atoms with Crippen molar-refractivity contribution in [3.05, 3.63) is 30.0 Å². The van der Waals surface area contributed by atoms with Crippen molar-refractivity contribution in [2.75, 3.05) is 13.7 Å². The molecule has 8 heteroatoms. The van der Waals surface area contributed by atoms with Crippen molar-refractivity contribution in [2.45, 2.75) is 32.1 Å². The van der Waals surface area contributed by atoms with Crippen LogP contribution in [0.25, 0.3) is 10.9 Å².